The molecule has 1 rings (SSSR count). The smallest absolute Gasteiger partial charge is 0.334 e. The number of carbonyl (C=O) groups is 2. The Hall–Kier alpha value is -1.18. The summed E-state index contributed by atoms with van der Waals surface area (Å²) in [5, 5.41) is 9.64. The Bertz CT molecular complexity index is 622. The molecule has 1 N–H and O–H groups in total. The maximum Gasteiger partial charge on any atom is 0.334 e. The number of carboxylic acid groups (broad SMARTS) is 1. The average molecular weight is 445 g/mol. The second-order valence-electron chi connectivity index (χ2n) is 7.83. The van der Waals surface area contributed by atoms with Crippen LogP contribution in [0.4, 0.5) is 0 Å². The van der Waals surface area contributed by atoms with Crippen molar-refractivity contribution in [2.24, 2.45) is 5.92 Å². The summed E-state index contributed by atoms with van der Waals surface area (Å²) in [6, 6.07) is 7.38. The van der Waals surface area contributed by atoms with E-state index >= 15 is 0 Å². The summed E-state index contributed by atoms with van der Waals surface area (Å²) in [6.45, 7) is 12.0. The van der Waals surface area contributed by atoms with Crippen LogP contribution in [0.2, 0.25) is 18.1 Å². The first-order chi connectivity index (χ1) is 11.9. The lowest BCUT2D eigenvalue weighted by Crippen LogP contribution is -2.50. The zero-order valence-corrected chi connectivity index (χ0v) is 18.9. The fourth-order valence-electron chi connectivity index (χ4n) is 2.21. The highest BCUT2D eigenvalue weighted by atomic mass is 79.9. The van der Waals surface area contributed by atoms with Gasteiger partial charge in [0, 0.05) is 4.47 Å². The largest absolute Gasteiger partial charge is 0.481 e. The molecule has 0 bridgehead atoms. The Morgan fingerprint density at radius 2 is 1.73 bits per heavy atom. The van der Waals surface area contributed by atoms with Gasteiger partial charge in [-0.1, -0.05) is 48.8 Å². The molecule has 26 heavy (non-hydrogen) atoms. The van der Waals surface area contributed by atoms with Gasteiger partial charge in [0.2, 0.25) is 0 Å². The number of hydrogen-bond acceptors (Lipinski definition) is 4. The molecule has 0 aliphatic heterocycles. The molecule has 0 radical (unpaired) electrons. The van der Waals surface area contributed by atoms with Gasteiger partial charge in [0.25, 0.3) is 0 Å². The molecule has 0 saturated heterocycles. The fraction of sp³-hybridized carbons (Fsp3) is 0.579. The monoisotopic (exact) mass is 444 g/mol. The number of aliphatic carboxylic acids is 1. The van der Waals surface area contributed by atoms with Crippen molar-refractivity contribution in [3.05, 3.63) is 34.3 Å². The molecule has 2 atom stereocenters. The Kier molecular flexibility index (Phi) is 8.04. The number of esters is 1. The average Bonchev–Trinajstić information content (AvgIpc) is 2.51. The minimum absolute atomic E-state index is 0.154. The Balaban J connectivity index is 3.19. The molecule has 0 heterocycles. The number of benzene rings is 1. The maximum atomic E-state index is 12.5. The number of carboxylic acids is 1. The molecule has 0 amide bonds. The molecule has 0 fully saturated rings. The molecule has 0 aromatic heterocycles. The summed E-state index contributed by atoms with van der Waals surface area (Å²) in [5.41, 5.74) is 0.828. The van der Waals surface area contributed by atoms with Crippen LogP contribution in [0.25, 0.3) is 0 Å². The van der Waals surface area contributed by atoms with Gasteiger partial charge in [-0.3, -0.25) is 4.79 Å². The lowest BCUT2D eigenvalue weighted by molar-refractivity contribution is -0.162. The number of halogens is 1. The minimum atomic E-state index is -2.37. The molecule has 1 aromatic rings. The van der Waals surface area contributed by atoms with E-state index in [9.17, 15) is 14.7 Å². The van der Waals surface area contributed by atoms with E-state index in [-0.39, 0.29) is 18.1 Å². The number of carbonyl (C=O) groups excluding carboxylic acids is 1. The van der Waals surface area contributed by atoms with Crippen LogP contribution in [0.15, 0.2) is 28.7 Å². The van der Waals surface area contributed by atoms with E-state index in [0.29, 0.717) is 0 Å². The third-order valence-corrected chi connectivity index (χ3v) is 9.78. The number of rotatable bonds is 8. The summed E-state index contributed by atoms with van der Waals surface area (Å²) in [7, 11) is -2.37. The topological polar surface area (TPSA) is 72.8 Å². The minimum Gasteiger partial charge on any atom is -0.481 e. The lowest BCUT2D eigenvalue weighted by atomic mass is 9.94. The zero-order valence-electron chi connectivity index (χ0n) is 16.3. The van der Waals surface area contributed by atoms with Crippen LogP contribution in [-0.4, -0.2) is 38.1 Å². The molecule has 146 valence electrons. The predicted molar refractivity (Wildman–Crippen MR) is 108 cm³/mol. The van der Waals surface area contributed by atoms with E-state index in [1.165, 1.54) is 0 Å². The molecular formula is C19H29BrO5Si. The Morgan fingerprint density at radius 1 is 1.19 bits per heavy atom. The summed E-state index contributed by atoms with van der Waals surface area (Å²) in [4.78, 5) is 24.5. The van der Waals surface area contributed by atoms with Gasteiger partial charge in [-0.25, -0.2) is 4.79 Å². The Labute approximate surface area is 165 Å². The fourth-order valence-corrected chi connectivity index (χ4v) is 3.72. The number of ether oxygens (including phenoxy) is 1. The third kappa shape index (κ3) is 6.21. The van der Waals surface area contributed by atoms with Crippen molar-refractivity contribution in [1.82, 2.24) is 0 Å². The molecule has 1 unspecified atom stereocenters. The normalized spacial score (nSPS) is 14.6. The first kappa shape index (κ1) is 22.9. The zero-order chi connectivity index (χ0) is 20.1. The second-order valence-corrected chi connectivity index (χ2v) is 13.5. The first-order valence-corrected chi connectivity index (χ1v) is 12.4. The number of hydrogen-bond donors (Lipinski definition) is 1. The Morgan fingerprint density at radius 3 is 2.15 bits per heavy atom. The molecule has 0 saturated carbocycles. The predicted octanol–water partition coefficient (Wildman–Crippen LogP) is 4.65. The molecular weight excluding hydrogens is 416 g/mol. The van der Waals surface area contributed by atoms with Crippen LogP contribution in [0, 0.1) is 5.92 Å². The van der Waals surface area contributed by atoms with Crippen LogP contribution < -0.4 is 0 Å². The van der Waals surface area contributed by atoms with Crippen LogP contribution >= 0.6 is 15.9 Å². The molecule has 5 nitrogen and oxygen atoms in total. The van der Waals surface area contributed by atoms with Crippen molar-refractivity contribution in [2.75, 3.05) is 6.61 Å². The van der Waals surface area contributed by atoms with Crippen molar-refractivity contribution in [2.45, 2.75) is 58.4 Å². The first-order valence-electron chi connectivity index (χ1n) is 8.70. The SMILES string of the molecule is CCOC(=O)[C@@H](O[Si](C)(C)C(C)(C)C)C(Cc1ccc(Br)cc1)C(=O)O. The van der Waals surface area contributed by atoms with Gasteiger partial charge in [0.05, 0.1) is 12.5 Å². The summed E-state index contributed by atoms with van der Waals surface area (Å²) < 4.78 is 12.3. The van der Waals surface area contributed by atoms with Gasteiger partial charge in [0.15, 0.2) is 14.4 Å². The van der Waals surface area contributed by atoms with Crippen LogP contribution in [0.5, 0.6) is 0 Å². The van der Waals surface area contributed by atoms with Gasteiger partial charge in [-0.2, -0.15) is 0 Å². The van der Waals surface area contributed by atoms with Crippen molar-refractivity contribution in [1.29, 1.82) is 0 Å². The quantitative estimate of drug-likeness (QED) is 0.466. The standard InChI is InChI=1S/C19H29BrO5Si/c1-7-24-18(23)16(25-26(5,6)19(2,3)4)15(17(21)22)12-13-8-10-14(20)11-9-13/h8-11,15-16H,7,12H2,1-6H3,(H,21,22)/t15?,16-/m0/s1. The van der Waals surface area contributed by atoms with E-state index in [0.717, 1.165) is 10.0 Å². The molecule has 0 aliphatic rings. The lowest BCUT2D eigenvalue weighted by Gasteiger charge is -2.39. The summed E-state index contributed by atoms with van der Waals surface area (Å²) in [6.07, 6.45) is -0.933. The molecule has 0 spiro atoms. The van der Waals surface area contributed by atoms with E-state index < -0.39 is 32.3 Å². The second kappa shape index (κ2) is 9.15. The molecule has 7 heteroatoms. The van der Waals surface area contributed by atoms with Crippen LogP contribution in [0.1, 0.15) is 33.3 Å². The van der Waals surface area contributed by atoms with Gasteiger partial charge >= 0.3 is 11.9 Å². The van der Waals surface area contributed by atoms with E-state index in [1.54, 1.807) is 6.92 Å². The van der Waals surface area contributed by atoms with Crippen molar-refractivity contribution < 1.29 is 23.9 Å². The highest BCUT2D eigenvalue weighted by Gasteiger charge is 2.45. The van der Waals surface area contributed by atoms with E-state index in [4.69, 9.17) is 9.16 Å². The highest BCUT2D eigenvalue weighted by Crippen LogP contribution is 2.38. The van der Waals surface area contributed by atoms with Gasteiger partial charge in [0.1, 0.15) is 0 Å². The van der Waals surface area contributed by atoms with Crippen molar-refractivity contribution in [3.63, 3.8) is 0 Å². The van der Waals surface area contributed by atoms with Gasteiger partial charge in [-0.15, -0.1) is 0 Å². The molecule has 1 aromatic carbocycles. The van der Waals surface area contributed by atoms with Gasteiger partial charge < -0.3 is 14.3 Å². The highest BCUT2D eigenvalue weighted by molar-refractivity contribution is 9.10. The van der Waals surface area contributed by atoms with Crippen LogP contribution in [-0.2, 0) is 25.2 Å². The van der Waals surface area contributed by atoms with E-state index in [1.807, 2.05) is 58.1 Å². The van der Waals surface area contributed by atoms with E-state index in [2.05, 4.69) is 15.9 Å². The van der Waals surface area contributed by atoms with Crippen molar-refractivity contribution >= 4 is 36.2 Å². The van der Waals surface area contributed by atoms with Crippen LogP contribution in [0.3, 0.4) is 0 Å². The molecule has 0 aliphatic carbocycles. The van der Waals surface area contributed by atoms with Crippen molar-refractivity contribution in [3.8, 4) is 0 Å². The maximum absolute atomic E-state index is 12.5. The summed E-state index contributed by atoms with van der Waals surface area (Å²) in [5.74, 6) is -2.68. The van der Waals surface area contributed by atoms with Gasteiger partial charge in [-0.05, 0) is 49.2 Å². The summed E-state index contributed by atoms with van der Waals surface area (Å²) >= 11 is 3.37. The third-order valence-electron chi connectivity index (χ3n) is 4.80.